The van der Waals surface area contributed by atoms with Crippen molar-refractivity contribution in [2.75, 3.05) is 19.8 Å². The Balaban J connectivity index is 0.000000214. The Bertz CT molecular complexity index is 1290. The van der Waals surface area contributed by atoms with Gasteiger partial charge in [0, 0.05) is 46.5 Å². The molecule has 1 aromatic heterocycles. The van der Waals surface area contributed by atoms with Gasteiger partial charge in [0.25, 0.3) is 0 Å². The van der Waals surface area contributed by atoms with Crippen LogP contribution in [0, 0.1) is 0 Å². The lowest BCUT2D eigenvalue weighted by atomic mass is 10.1. The minimum atomic E-state index is -0.321. The number of nitrogens with one attached hydrogen (secondary N) is 2. The van der Waals surface area contributed by atoms with Crippen LogP contribution < -0.4 is 5.32 Å². The number of alkyl carbamates (subject to hydrolysis) is 1. The van der Waals surface area contributed by atoms with Crippen LogP contribution in [0.1, 0.15) is 31.9 Å². The number of cyclic esters (lactones) is 1. The molecule has 6 nitrogen and oxygen atoms in total. The van der Waals surface area contributed by atoms with Crippen LogP contribution in [0.25, 0.3) is 10.9 Å². The Kier molecular flexibility index (Phi) is 13.7. The van der Waals surface area contributed by atoms with Crippen molar-refractivity contribution in [2.45, 2.75) is 55.7 Å². The summed E-state index contributed by atoms with van der Waals surface area (Å²) in [6.07, 6.45) is 3.37. The van der Waals surface area contributed by atoms with Gasteiger partial charge >= 0.3 is 6.09 Å². The molecule has 4 aromatic rings. The van der Waals surface area contributed by atoms with Gasteiger partial charge in [-0.05, 0) is 68.0 Å². The third kappa shape index (κ3) is 10.8. The fourth-order valence-electron chi connectivity index (χ4n) is 4.02. The van der Waals surface area contributed by atoms with E-state index in [-0.39, 0.29) is 18.4 Å². The van der Waals surface area contributed by atoms with E-state index in [4.69, 9.17) is 26.4 Å². The van der Waals surface area contributed by atoms with E-state index in [1.165, 1.54) is 26.3 Å². The minimum absolute atomic E-state index is 0.0370. The van der Waals surface area contributed by atoms with E-state index in [1.807, 2.05) is 63.4 Å². The van der Waals surface area contributed by atoms with Crippen molar-refractivity contribution in [3.63, 3.8) is 0 Å². The highest BCUT2D eigenvalue weighted by Crippen LogP contribution is 2.34. The maximum atomic E-state index is 11.1. The van der Waals surface area contributed by atoms with Crippen LogP contribution in [-0.4, -0.2) is 48.6 Å². The van der Waals surface area contributed by atoms with Crippen LogP contribution in [-0.2, 0) is 27.1 Å². The van der Waals surface area contributed by atoms with E-state index < -0.39 is 0 Å². The first kappa shape index (κ1) is 31.4. The third-order valence-corrected chi connectivity index (χ3v) is 7.10. The number of ether oxygens (including phenoxy) is 3. The van der Waals surface area contributed by atoms with Gasteiger partial charge in [0.05, 0.1) is 6.04 Å². The summed E-state index contributed by atoms with van der Waals surface area (Å²) in [5.41, 5.74) is 3.61. The molecule has 0 spiro atoms. The van der Waals surface area contributed by atoms with Crippen molar-refractivity contribution in [1.29, 1.82) is 0 Å². The smallest absolute Gasteiger partial charge is 0.407 e. The van der Waals surface area contributed by atoms with Crippen molar-refractivity contribution in [3.05, 3.63) is 96.2 Å². The maximum absolute atomic E-state index is 11.1. The number of H-pyrrole nitrogens is 1. The number of rotatable bonds is 10. The minimum Gasteiger partial charge on any atom is -0.447 e. The first-order valence-electron chi connectivity index (χ1n) is 13.5. The largest absolute Gasteiger partial charge is 0.447 e. The summed E-state index contributed by atoms with van der Waals surface area (Å²) in [6, 6.07) is 27.0. The van der Waals surface area contributed by atoms with Gasteiger partial charge in [-0.25, -0.2) is 4.79 Å². The lowest BCUT2D eigenvalue weighted by Crippen LogP contribution is -2.28. The predicted molar refractivity (Wildman–Crippen MR) is 167 cm³/mol. The lowest BCUT2D eigenvalue weighted by molar-refractivity contribution is -0.123. The van der Waals surface area contributed by atoms with E-state index in [2.05, 4.69) is 52.8 Å². The van der Waals surface area contributed by atoms with Gasteiger partial charge in [-0.3, -0.25) is 0 Å². The topological polar surface area (TPSA) is 72.6 Å². The molecule has 1 aliphatic heterocycles. The number of carbonyl (C=O) groups excluding carboxylic acids is 1. The molecule has 1 saturated heterocycles. The van der Waals surface area contributed by atoms with Crippen LogP contribution in [0.3, 0.4) is 0 Å². The van der Waals surface area contributed by atoms with Crippen molar-refractivity contribution in [1.82, 2.24) is 10.3 Å². The molecular formula is C32H38N2O4S2. The summed E-state index contributed by atoms with van der Waals surface area (Å²) in [5.74, 6) is 0. The lowest BCUT2D eigenvalue weighted by Gasteiger charge is -2.09. The van der Waals surface area contributed by atoms with Crippen molar-refractivity contribution < 1.29 is 19.0 Å². The summed E-state index contributed by atoms with van der Waals surface area (Å²) in [5, 5.41) is 5.78. The van der Waals surface area contributed by atoms with Crippen molar-refractivity contribution in [3.8, 4) is 0 Å². The normalized spacial score (nSPS) is 14.0. The third-order valence-electron chi connectivity index (χ3n) is 5.86. The van der Waals surface area contributed by atoms with Gasteiger partial charge in [-0.2, -0.15) is 0 Å². The standard InChI is InChI=1S/C18H16N2O2S.C8H8S.C6H14O2/c21-18-20-13(11-22-18)8-12-6-7-16-15(9-12)17(10-19-16)23-14-4-2-1-3-5-14;9-7-6-8-4-2-1-3-5-8;1-4-7-6(3)8-5-2/h1-7,9-10,13,19H,8,11H2,(H,20,21);1-5,7H,6H2;6H,4-5H2,1-3H3/t13-;;/m0../s1. The van der Waals surface area contributed by atoms with E-state index in [0.29, 0.717) is 6.61 Å². The molecule has 2 N–H and O–H groups in total. The maximum Gasteiger partial charge on any atom is 0.407 e. The molecule has 0 radical (unpaired) electrons. The molecule has 0 bridgehead atoms. The summed E-state index contributed by atoms with van der Waals surface area (Å²) >= 11 is 6.46. The molecule has 5 rings (SSSR count). The van der Waals surface area contributed by atoms with Gasteiger partial charge in [0.1, 0.15) is 6.61 Å². The molecule has 8 heteroatoms. The summed E-state index contributed by atoms with van der Waals surface area (Å²) < 4.78 is 15.1. The Morgan fingerprint density at radius 1 is 1.00 bits per heavy atom. The quantitative estimate of drug-likeness (QED) is 0.149. The first-order valence-corrected chi connectivity index (χ1v) is 14.8. The summed E-state index contributed by atoms with van der Waals surface area (Å²) in [6.45, 7) is 7.69. The number of aromatic amines is 1. The second-order valence-electron chi connectivity index (χ2n) is 8.93. The Morgan fingerprint density at radius 2 is 1.68 bits per heavy atom. The molecule has 0 saturated carbocycles. The molecule has 1 fully saturated rings. The molecule has 1 atom stereocenters. The Hall–Kier alpha value is -3.17. The number of carbonyl (C=O) groups is 1. The molecule has 3 aromatic carbocycles. The van der Waals surface area contributed by atoms with Crippen LogP contribution in [0.2, 0.25) is 0 Å². The van der Waals surface area contributed by atoms with Gasteiger partial charge in [0.2, 0.25) is 0 Å². The van der Waals surface area contributed by atoms with E-state index in [1.54, 1.807) is 17.1 Å². The highest BCUT2D eigenvalue weighted by atomic mass is 32.2. The Labute approximate surface area is 246 Å². The molecule has 1 amide bonds. The molecule has 0 aliphatic carbocycles. The van der Waals surface area contributed by atoms with E-state index >= 15 is 0 Å². The SMILES string of the molecule is CCOC(C)OCC.O=C1N[C@@H](Cc2ccc3[nH]cc(Sc4ccccc4)c3c2)CO1.S=CCc1ccccc1. The highest BCUT2D eigenvalue weighted by molar-refractivity contribution is 7.99. The number of fused-ring (bicyclic) bond motifs is 1. The second kappa shape index (κ2) is 17.5. The number of hydrogen-bond donors (Lipinski definition) is 2. The summed E-state index contributed by atoms with van der Waals surface area (Å²) in [7, 11) is 0. The van der Waals surface area contributed by atoms with E-state index in [9.17, 15) is 4.79 Å². The van der Waals surface area contributed by atoms with Gasteiger partial charge < -0.3 is 24.5 Å². The predicted octanol–water partition coefficient (Wildman–Crippen LogP) is 7.60. The fourth-order valence-corrected chi connectivity index (χ4v) is 5.15. The zero-order chi connectivity index (χ0) is 28.6. The monoisotopic (exact) mass is 578 g/mol. The van der Waals surface area contributed by atoms with Gasteiger partial charge in [-0.15, -0.1) is 0 Å². The average Bonchev–Trinajstić information content (AvgIpc) is 3.56. The number of aromatic nitrogens is 1. The van der Waals surface area contributed by atoms with Gasteiger partial charge in [-0.1, -0.05) is 78.6 Å². The summed E-state index contributed by atoms with van der Waals surface area (Å²) in [4.78, 5) is 16.9. The molecule has 212 valence electrons. The highest BCUT2D eigenvalue weighted by Gasteiger charge is 2.22. The zero-order valence-corrected chi connectivity index (χ0v) is 24.9. The van der Waals surface area contributed by atoms with Crippen LogP contribution in [0.5, 0.6) is 0 Å². The zero-order valence-electron chi connectivity index (χ0n) is 23.3. The molecule has 1 aliphatic rings. The molecular weight excluding hydrogens is 540 g/mol. The van der Waals surface area contributed by atoms with Crippen LogP contribution in [0.4, 0.5) is 4.79 Å². The second-order valence-corrected chi connectivity index (χ2v) is 10.4. The van der Waals surface area contributed by atoms with Crippen molar-refractivity contribution >= 4 is 46.3 Å². The van der Waals surface area contributed by atoms with Crippen molar-refractivity contribution in [2.24, 2.45) is 0 Å². The molecule has 0 unspecified atom stereocenters. The number of hydrogen-bond acceptors (Lipinski definition) is 6. The molecule has 40 heavy (non-hydrogen) atoms. The number of benzene rings is 3. The molecule has 2 heterocycles. The average molecular weight is 579 g/mol. The van der Waals surface area contributed by atoms with E-state index in [0.717, 1.165) is 31.6 Å². The van der Waals surface area contributed by atoms with Gasteiger partial charge in [0.15, 0.2) is 6.29 Å². The first-order chi connectivity index (χ1) is 19.5. The van der Waals surface area contributed by atoms with Crippen LogP contribution in [0.15, 0.2) is 94.9 Å². The van der Waals surface area contributed by atoms with Crippen LogP contribution >= 0.6 is 24.0 Å². The Morgan fingerprint density at radius 3 is 2.27 bits per heavy atom. The fraction of sp³-hybridized carbons (Fsp3) is 0.312. The number of amides is 1. The number of thiocarbonyl (C=S) groups is 1.